The first-order chi connectivity index (χ1) is 8.56. The molecular formula is C13H21NO4. The van der Waals surface area contributed by atoms with Crippen LogP contribution in [-0.4, -0.2) is 47.7 Å². The van der Waals surface area contributed by atoms with Gasteiger partial charge in [-0.05, 0) is 26.7 Å². The molecule has 1 rings (SSSR count). The Morgan fingerprint density at radius 3 is 2.50 bits per heavy atom. The number of hydrogen-bond acceptors (Lipinski definition) is 3. The van der Waals surface area contributed by atoms with Crippen molar-refractivity contribution in [3.8, 4) is 0 Å². The van der Waals surface area contributed by atoms with Crippen LogP contribution in [0.4, 0.5) is 0 Å². The highest BCUT2D eigenvalue weighted by Crippen LogP contribution is 2.17. The number of amides is 1. The number of nitrogens with zero attached hydrogens (tertiary/aromatic N) is 1. The molecule has 0 aliphatic carbocycles. The molecule has 0 aromatic carbocycles. The Balaban J connectivity index is 2.72. The van der Waals surface area contributed by atoms with Crippen molar-refractivity contribution in [2.45, 2.75) is 39.2 Å². The van der Waals surface area contributed by atoms with Crippen LogP contribution in [-0.2, 0) is 14.3 Å². The van der Waals surface area contributed by atoms with Gasteiger partial charge in [0.15, 0.2) is 0 Å². The van der Waals surface area contributed by atoms with E-state index in [-0.39, 0.29) is 24.9 Å². The van der Waals surface area contributed by atoms with E-state index in [1.165, 1.54) is 0 Å². The van der Waals surface area contributed by atoms with Gasteiger partial charge in [0.2, 0.25) is 5.91 Å². The molecule has 1 aliphatic heterocycles. The van der Waals surface area contributed by atoms with Crippen molar-refractivity contribution in [2.24, 2.45) is 0 Å². The van der Waals surface area contributed by atoms with Gasteiger partial charge in [0, 0.05) is 31.4 Å². The molecule has 0 bridgehead atoms. The van der Waals surface area contributed by atoms with Gasteiger partial charge in [-0.1, -0.05) is 6.08 Å². The topological polar surface area (TPSA) is 66.8 Å². The summed E-state index contributed by atoms with van der Waals surface area (Å²) >= 11 is 0. The van der Waals surface area contributed by atoms with Crippen molar-refractivity contribution in [3.63, 3.8) is 0 Å². The fourth-order valence-electron chi connectivity index (χ4n) is 2.01. The number of rotatable bonds is 5. The maximum atomic E-state index is 12.2. The lowest BCUT2D eigenvalue weighted by Gasteiger charge is -2.34. The fourth-order valence-corrected chi connectivity index (χ4v) is 2.01. The number of ether oxygens (including phenoxy) is 1. The standard InChI is InChI=1S/C13H21NO4/c1-3-10(2)13(17)14(7-4-12(15)16)11-5-8-18-9-6-11/h3,11H,4-9H2,1-2H3,(H,15,16)/b10-3+. The van der Waals surface area contributed by atoms with Gasteiger partial charge in [-0.2, -0.15) is 0 Å². The molecule has 5 nitrogen and oxygen atoms in total. The lowest BCUT2D eigenvalue weighted by Crippen LogP contribution is -2.44. The van der Waals surface area contributed by atoms with E-state index in [0.29, 0.717) is 18.8 Å². The molecule has 1 saturated heterocycles. The van der Waals surface area contributed by atoms with Crippen LogP contribution in [0.2, 0.25) is 0 Å². The number of allylic oxidation sites excluding steroid dienone is 1. The third-order valence-electron chi connectivity index (χ3n) is 3.23. The van der Waals surface area contributed by atoms with Gasteiger partial charge >= 0.3 is 5.97 Å². The Hall–Kier alpha value is -1.36. The van der Waals surface area contributed by atoms with Crippen molar-refractivity contribution in [1.29, 1.82) is 0 Å². The van der Waals surface area contributed by atoms with Crippen LogP contribution in [0.3, 0.4) is 0 Å². The number of aliphatic carboxylic acids is 1. The van der Waals surface area contributed by atoms with Crippen molar-refractivity contribution in [1.82, 2.24) is 4.90 Å². The van der Waals surface area contributed by atoms with Crippen molar-refractivity contribution in [3.05, 3.63) is 11.6 Å². The molecule has 0 unspecified atom stereocenters. The SMILES string of the molecule is C/C=C(\C)C(=O)N(CCC(=O)O)C1CCOCC1. The fraction of sp³-hybridized carbons (Fsp3) is 0.692. The summed E-state index contributed by atoms with van der Waals surface area (Å²) in [7, 11) is 0. The highest BCUT2D eigenvalue weighted by atomic mass is 16.5. The van der Waals surface area contributed by atoms with E-state index in [2.05, 4.69) is 0 Å². The molecule has 1 amide bonds. The Kier molecular flexibility index (Phi) is 5.85. The molecule has 0 saturated carbocycles. The summed E-state index contributed by atoms with van der Waals surface area (Å²) in [6.07, 6.45) is 3.31. The minimum Gasteiger partial charge on any atom is -0.481 e. The van der Waals surface area contributed by atoms with E-state index in [9.17, 15) is 9.59 Å². The zero-order valence-corrected chi connectivity index (χ0v) is 11.0. The van der Waals surface area contributed by atoms with Gasteiger partial charge in [0.05, 0.1) is 6.42 Å². The van der Waals surface area contributed by atoms with Gasteiger partial charge in [-0.15, -0.1) is 0 Å². The minimum absolute atomic E-state index is 0.0138. The van der Waals surface area contributed by atoms with Crippen LogP contribution in [0.5, 0.6) is 0 Å². The van der Waals surface area contributed by atoms with Crippen LogP contribution >= 0.6 is 0 Å². The van der Waals surface area contributed by atoms with Crippen molar-refractivity contribution < 1.29 is 19.4 Å². The Bertz CT molecular complexity index is 332. The highest BCUT2D eigenvalue weighted by Gasteiger charge is 2.26. The largest absolute Gasteiger partial charge is 0.481 e. The highest BCUT2D eigenvalue weighted by molar-refractivity contribution is 5.93. The summed E-state index contributed by atoms with van der Waals surface area (Å²) in [6.45, 7) is 5.11. The van der Waals surface area contributed by atoms with Gasteiger partial charge in [0.25, 0.3) is 0 Å². The minimum atomic E-state index is -0.877. The lowest BCUT2D eigenvalue weighted by atomic mass is 10.1. The summed E-state index contributed by atoms with van der Waals surface area (Å²) < 4.78 is 5.27. The Morgan fingerprint density at radius 1 is 1.39 bits per heavy atom. The Morgan fingerprint density at radius 2 is 2.00 bits per heavy atom. The summed E-state index contributed by atoms with van der Waals surface area (Å²) in [6, 6.07) is 0.0977. The summed E-state index contributed by atoms with van der Waals surface area (Å²) in [4.78, 5) is 24.6. The average Bonchev–Trinajstić information content (AvgIpc) is 2.38. The van der Waals surface area contributed by atoms with E-state index >= 15 is 0 Å². The molecule has 0 aromatic heterocycles. The van der Waals surface area contributed by atoms with E-state index in [1.54, 1.807) is 17.9 Å². The first kappa shape index (κ1) is 14.7. The molecule has 0 radical (unpaired) electrons. The molecule has 0 aromatic rings. The second-order valence-electron chi connectivity index (χ2n) is 4.46. The maximum Gasteiger partial charge on any atom is 0.305 e. The molecule has 1 aliphatic rings. The first-order valence-electron chi connectivity index (χ1n) is 6.29. The third kappa shape index (κ3) is 4.14. The molecule has 18 heavy (non-hydrogen) atoms. The molecule has 0 spiro atoms. The summed E-state index contributed by atoms with van der Waals surface area (Å²) in [5.74, 6) is -0.941. The molecule has 102 valence electrons. The number of carboxylic acid groups (broad SMARTS) is 1. The third-order valence-corrected chi connectivity index (χ3v) is 3.23. The normalized spacial score (nSPS) is 17.6. The van der Waals surface area contributed by atoms with Crippen LogP contribution < -0.4 is 0 Å². The van der Waals surface area contributed by atoms with E-state index < -0.39 is 5.97 Å². The zero-order valence-electron chi connectivity index (χ0n) is 11.0. The van der Waals surface area contributed by atoms with Crippen LogP contribution in [0.25, 0.3) is 0 Å². The summed E-state index contributed by atoms with van der Waals surface area (Å²) in [5.41, 5.74) is 0.659. The predicted molar refractivity (Wildman–Crippen MR) is 67.2 cm³/mol. The molecule has 1 heterocycles. The number of carbonyl (C=O) groups is 2. The monoisotopic (exact) mass is 255 g/mol. The van der Waals surface area contributed by atoms with Crippen LogP contribution in [0.1, 0.15) is 33.1 Å². The molecular weight excluding hydrogens is 234 g/mol. The second kappa shape index (κ2) is 7.16. The zero-order chi connectivity index (χ0) is 13.5. The van der Waals surface area contributed by atoms with Crippen LogP contribution in [0.15, 0.2) is 11.6 Å². The predicted octanol–water partition coefficient (Wildman–Crippen LogP) is 1.43. The maximum absolute atomic E-state index is 12.2. The smallest absolute Gasteiger partial charge is 0.305 e. The first-order valence-corrected chi connectivity index (χ1v) is 6.29. The summed E-state index contributed by atoms with van der Waals surface area (Å²) in [5, 5.41) is 8.76. The molecule has 1 N–H and O–H groups in total. The van der Waals surface area contributed by atoms with Gasteiger partial charge in [-0.25, -0.2) is 0 Å². The number of carbonyl (C=O) groups excluding carboxylic acids is 1. The van der Waals surface area contributed by atoms with Gasteiger partial charge in [0.1, 0.15) is 0 Å². The van der Waals surface area contributed by atoms with Crippen LogP contribution in [0, 0.1) is 0 Å². The van der Waals surface area contributed by atoms with E-state index in [1.807, 2.05) is 6.92 Å². The van der Waals surface area contributed by atoms with Crippen molar-refractivity contribution >= 4 is 11.9 Å². The van der Waals surface area contributed by atoms with Gasteiger partial charge in [-0.3, -0.25) is 9.59 Å². The van der Waals surface area contributed by atoms with E-state index in [4.69, 9.17) is 9.84 Å². The Labute approximate surface area is 107 Å². The second-order valence-corrected chi connectivity index (χ2v) is 4.46. The molecule has 0 atom stereocenters. The molecule has 1 fully saturated rings. The van der Waals surface area contributed by atoms with Crippen molar-refractivity contribution in [2.75, 3.05) is 19.8 Å². The van der Waals surface area contributed by atoms with E-state index in [0.717, 1.165) is 12.8 Å². The quantitative estimate of drug-likeness (QED) is 0.755. The number of carboxylic acids is 1. The van der Waals surface area contributed by atoms with Gasteiger partial charge < -0.3 is 14.7 Å². The lowest BCUT2D eigenvalue weighted by molar-refractivity contribution is -0.139. The average molecular weight is 255 g/mol. The molecule has 5 heteroatoms. The number of hydrogen-bond donors (Lipinski definition) is 1.